The van der Waals surface area contributed by atoms with E-state index >= 15 is 0 Å². The van der Waals surface area contributed by atoms with Crippen LogP contribution in [0.3, 0.4) is 0 Å². The Hall–Kier alpha value is -3.36. The maximum Gasteiger partial charge on any atom is 0.412 e. The Morgan fingerprint density at radius 3 is 2.62 bits per heavy atom. The lowest BCUT2D eigenvalue weighted by Crippen LogP contribution is -2.36. The number of nitrogens with zero attached hydrogens (tertiary/aromatic N) is 1. The van der Waals surface area contributed by atoms with Gasteiger partial charge in [-0.05, 0) is 51.2 Å². The highest BCUT2D eigenvalue weighted by Crippen LogP contribution is 2.63. The van der Waals surface area contributed by atoms with E-state index in [0.717, 1.165) is 24.0 Å². The van der Waals surface area contributed by atoms with Crippen LogP contribution in [0.15, 0.2) is 53.1 Å². The van der Waals surface area contributed by atoms with E-state index in [-0.39, 0.29) is 11.8 Å². The van der Waals surface area contributed by atoms with Gasteiger partial charge in [-0.2, -0.15) is 0 Å². The van der Waals surface area contributed by atoms with Crippen LogP contribution in [0.1, 0.15) is 56.0 Å². The molecule has 5 rings (SSSR count). The van der Waals surface area contributed by atoms with Crippen molar-refractivity contribution in [3.05, 3.63) is 70.4 Å². The summed E-state index contributed by atoms with van der Waals surface area (Å²) in [4.78, 5) is 23.9. The van der Waals surface area contributed by atoms with Gasteiger partial charge in [0.15, 0.2) is 5.76 Å². The number of aryl methyl sites for hydroxylation is 1. The van der Waals surface area contributed by atoms with Crippen molar-refractivity contribution in [3.63, 3.8) is 0 Å². The molecule has 3 unspecified atom stereocenters. The third-order valence-corrected chi connectivity index (χ3v) is 7.99. The lowest BCUT2D eigenvalue weighted by molar-refractivity contribution is -0.144. The first-order valence-corrected chi connectivity index (χ1v) is 12.6. The van der Waals surface area contributed by atoms with Crippen molar-refractivity contribution in [1.82, 2.24) is 5.16 Å². The van der Waals surface area contributed by atoms with E-state index in [4.69, 9.17) is 25.6 Å². The number of aliphatic carboxylic acids is 1. The van der Waals surface area contributed by atoms with Crippen LogP contribution in [0, 0.1) is 18.3 Å². The number of nitrogens with one attached hydrogen (secondary N) is 1. The zero-order valence-corrected chi connectivity index (χ0v) is 21.7. The fourth-order valence-electron chi connectivity index (χ4n) is 5.35. The number of halogens is 1. The first kappa shape index (κ1) is 25.3. The molecule has 2 aliphatic rings. The van der Waals surface area contributed by atoms with E-state index in [1.54, 1.807) is 19.9 Å². The molecule has 2 fully saturated rings. The maximum absolute atomic E-state index is 12.7. The molecule has 4 atom stereocenters. The van der Waals surface area contributed by atoms with Crippen molar-refractivity contribution in [2.45, 2.75) is 51.7 Å². The van der Waals surface area contributed by atoms with Gasteiger partial charge < -0.3 is 19.1 Å². The summed E-state index contributed by atoms with van der Waals surface area (Å²) in [5, 5.41) is 16.5. The summed E-state index contributed by atoms with van der Waals surface area (Å²) in [5.74, 6) is 0.00530. The van der Waals surface area contributed by atoms with Gasteiger partial charge in [-0.15, -0.1) is 0 Å². The van der Waals surface area contributed by atoms with Crippen molar-refractivity contribution >= 4 is 29.4 Å². The Bertz CT molecular complexity index is 1340. The highest BCUT2D eigenvalue weighted by atomic mass is 35.5. The van der Waals surface area contributed by atoms with Crippen molar-refractivity contribution < 1.29 is 28.7 Å². The summed E-state index contributed by atoms with van der Waals surface area (Å²) < 4.78 is 17.3. The van der Waals surface area contributed by atoms with E-state index in [1.807, 2.05) is 49.4 Å². The second-order valence-electron chi connectivity index (χ2n) is 10.3. The predicted octanol–water partition coefficient (Wildman–Crippen LogP) is 6.73. The first-order chi connectivity index (χ1) is 17.6. The number of carbonyl (C=O) groups excluding carboxylic acids is 1. The fraction of sp³-hybridized carbons (Fsp3) is 0.393. The molecule has 8 nitrogen and oxygen atoms in total. The number of carboxylic acids is 1. The van der Waals surface area contributed by atoms with Gasteiger partial charge in [-0.1, -0.05) is 59.2 Å². The van der Waals surface area contributed by atoms with Crippen molar-refractivity contribution in [2.75, 3.05) is 11.9 Å². The van der Waals surface area contributed by atoms with E-state index in [2.05, 4.69) is 10.5 Å². The quantitative estimate of drug-likeness (QED) is 0.352. The molecule has 1 saturated heterocycles. The van der Waals surface area contributed by atoms with Gasteiger partial charge in [0, 0.05) is 21.6 Å². The molecule has 0 bridgehead atoms. The van der Waals surface area contributed by atoms with Crippen molar-refractivity contribution in [1.29, 1.82) is 0 Å². The molecule has 3 aromatic rings. The van der Waals surface area contributed by atoms with Gasteiger partial charge in [0.25, 0.3) is 0 Å². The van der Waals surface area contributed by atoms with Gasteiger partial charge in [-0.25, -0.2) is 4.79 Å². The third-order valence-electron chi connectivity index (χ3n) is 7.65. The van der Waals surface area contributed by atoms with Crippen molar-refractivity contribution in [3.8, 4) is 11.3 Å². The fourth-order valence-corrected chi connectivity index (χ4v) is 5.64. The molecule has 194 valence electrons. The Kier molecular flexibility index (Phi) is 6.50. The van der Waals surface area contributed by atoms with Gasteiger partial charge in [0.2, 0.25) is 0 Å². The van der Waals surface area contributed by atoms with Crippen LogP contribution < -0.4 is 5.32 Å². The smallest absolute Gasteiger partial charge is 0.412 e. The number of aromatic nitrogens is 1. The van der Waals surface area contributed by atoms with Gasteiger partial charge in [0.05, 0.1) is 18.6 Å². The third kappa shape index (κ3) is 4.95. The minimum absolute atomic E-state index is 0.160. The van der Waals surface area contributed by atoms with E-state index in [9.17, 15) is 14.7 Å². The summed E-state index contributed by atoms with van der Waals surface area (Å²) in [5.41, 5.74) is 2.71. The number of anilines is 1. The number of carbonyl (C=O) groups is 2. The minimum atomic E-state index is -0.770. The topological polar surface area (TPSA) is 111 Å². The van der Waals surface area contributed by atoms with Crippen LogP contribution in [0.2, 0.25) is 5.02 Å². The van der Waals surface area contributed by atoms with Crippen molar-refractivity contribution in [2.24, 2.45) is 11.3 Å². The summed E-state index contributed by atoms with van der Waals surface area (Å²) in [6.45, 7) is 5.99. The second kappa shape index (κ2) is 9.50. The number of rotatable bonds is 7. The summed E-state index contributed by atoms with van der Waals surface area (Å²) >= 11 is 6.22. The Balaban J connectivity index is 1.28. The zero-order valence-electron chi connectivity index (χ0n) is 20.9. The van der Waals surface area contributed by atoms with Crippen LogP contribution in [0.25, 0.3) is 11.3 Å². The average Bonchev–Trinajstić information content (AvgIpc) is 3.42. The molecular weight excluding hydrogens is 496 g/mol. The van der Waals surface area contributed by atoms with Crippen LogP contribution in [0.4, 0.5) is 10.5 Å². The predicted molar refractivity (Wildman–Crippen MR) is 137 cm³/mol. The summed E-state index contributed by atoms with van der Waals surface area (Å²) in [6, 6.07) is 15.0. The molecule has 2 heterocycles. The highest BCUT2D eigenvalue weighted by Gasteiger charge is 2.61. The largest absolute Gasteiger partial charge is 0.481 e. The molecule has 1 aliphatic carbocycles. The Morgan fingerprint density at radius 1 is 1.22 bits per heavy atom. The standard InChI is InChI=1S/C28H29ClN2O6/c1-16-24(30-26(34)36-17(2)21-6-4-5-7-22(21)29)25(37-31-16)18-8-10-19(11-9-18)27(3)12-20-13-28(20,15-35-27)14-23(32)33/h4-11,17,20H,12-15H2,1-3H3,(H,30,34)(H,32,33)/t17-,20?,27?,28?/m1/s1. The zero-order chi connectivity index (χ0) is 26.4. The molecule has 1 aromatic heterocycles. The summed E-state index contributed by atoms with van der Waals surface area (Å²) in [6.07, 6.45) is 0.642. The molecule has 1 saturated carbocycles. The molecule has 2 aromatic carbocycles. The number of benzene rings is 2. The number of hydrogen-bond donors (Lipinski definition) is 2. The molecule has 1 amide bonds. The van der Waals surface area contributed by atoms with E-state index < -0.39 is 23.8 Å². The second-order valence-corrected chi connectivity index (χ2v) is 10.7. The number of ether oxygens (including phenoxy) is 2. The molecule has 1 aliphatic heterocycles. The molecular formula is C28H29ClN2O6. The number of hydrogen-bond acceptors (Lipinski definition) is 6. The maximum atomic E-state index is 12.7. The van der Waals surface area contributed by atoms with Crippen LogP contribution in [-0.2, 0) is 19.9 Å². The average molecular weight is 525 g/mol. The van der Waals surface area contributed by atoms with Crippen LogP contribution in [0.5, 0.6) is 0 Å². The SMILES string of the molecule is Cc1noc(-c2ccc(C3(C)CC4CC4(CC(=O)O)CO3)cc2)c1NC(=O)O[C@H](C)c1ccccc1Cl. The monoisotopic (exact) mass is 524 g/mol. The van der Waals surface area contributed by atoms with Crippen LogP contribution >= 0.6 is 11.6 Å². The Labute approximate surface area is 219 Å². The van der Waals surface area contributed by atoms with E-state index in [0.29, 0.717) is 40.3 Å². The minimum Gasteiger partial charge on any atom is -0.481 e. The van der Waals surface area contributed by atoms with Crippen LogP contribution in [-0.4, -0.2) is 28.9 Å². The van der Waals surface area contributed by atoms with Gasteiger partial charge >= 0.3 is 12.1 Å². The molecule has 9 heteroatoms. The summed E-state index contributed by atoms with van der Waals surface area (Å²) in [7, 11) is 0. The lowest BCUT2D eigenvalue weighted by atomic mass is 9.83. The number of amides is 1. The molecule has 37 heavy (non-hydrogen) atoms. The van der Waals surface area contributed by atoms with Gasteiger partial charge in [0.1, 0.15) is 17.5 Å². The Morgan fingerprint density at radius 2 is 1.95 bits per heavy atom. The molecule has 0 radical (unpaired) electrons. The van der Waals surface area contributed by atoms with E-state index in [1.165, 1.54) is 0 Å². The first-order valence-electron chi connectivity index (χ1n) is 12.3. The highest BCUT2D eigenvalue weighted by molar-refractivity contribution is 6.31. The molecule has 2 N–H and O–H groups in total. The normalized spacial score (nSPS) is 25.1. The van der Waals surface area contributed by atoms with Gasteiger partial charge in [-0.3, -0.25) is 10.1 Å². The lowest BCUT2D eigenvalue weighted by Gasteiger charge is -2.37. The number of fused-ring (bicyclic) bond motifs is 1. The number of carboxylic acid groups (broad SMARTS) is 1. The molecule has 0 spiro atoms.